The van der Waals surface area contributed by atoms with Crippen molar-refractivity contribution in [3.63, 3.8) is 0 Å². The molecule has 0 spiro atoms. The molecular formula is C14H14BrNO. The number of halogens is 1. The molecule has 2 aromatic rings. The minimum atomic E-state index is 0.0485. The molecule has 0 aliphatic carbocycles. The van der Waals surface area contributed by atoms with Crippen molar-refractivity contribution >= 4 is 22.1 Å². The molecule has 88 valence electrons. The van der Waals surface area contributed by atoms with Gasteiger partial charge in [-0.3, -0.25) is 4.99 Å². The number of benzene rings is 1. The van der Waals surface area contributed by atoms with Crippen LogP contribution in [0.2, 0.25) is 0 Å². The molecule has 2 nitrogen and oxygen atoms in total. The van der Waals surface area contributed by atoms with E-state index in [1.165, 1.54) is 0 Å². The van der Waals surface area contributed by atoms with Crippen molar-refractivity contribution in [3.05, 3.63) is 58.0 Å². The summed E-state index contributed by atoms with van der Waals surface area (Å²) in [7, 11) is 0. The van der Waals surface area contributed by atoms with Crippen LogP contribution in [0, 0.1) is 6.92 Å². The van der Waals surface area contributed by atoms with Gasteiger partial charge in [0.2, 0.25) is 0 Å². The summed E-state index contributed by atoms with van der Waals surface area (Å²) in [6.07, 6.45) is 1.87. The highest BCUT2D eigenvalue weighted by atomic mass is 79.9. The van der Waals surface area contributed by atoms with Gasteiger partial charge in [0, 0.05) is 10.7 Å². The number of hydrogen-bond donors (Lipinski definition) is 0. The first kappa shape index (κ1) is 12.1. The summed E-state index contributed by atoms with van der Waals surface area (Å²) in [5.74, 6) is 1.82. The lowest BCUT2D eigenvalue weighted by Crippen LogP contribution is -1.88. The number of rotatable bonds is 3. The van der Waals surface area contributed by atoms with E-state index in [-0.39, 0.29) is 6.04 Å². The standard InChI is InChI=1S/C14H14BrNO/c1-10-3-8-14(17-10)11(2)16-9-12-4-6-13(15)7-5-12/h3-9,11H,1-2H3/t11-/m1/s1. The van der Waals surface area contributed by atoms with E-state index in [4.69, 9.17) is 4.42 Å². The molecule has 0 amide bonds. The Hall–Kier alpha value is -1.35. The minimum absolute atomic E-state index is 0.0485. The van der Waals surface area contributed by atoms with Gasteiger partial charge in [0.25, 0.3) is 0 Å². The predicted octanol–water partition coefficient (Wildman–Crippen LogP) is 4.53. The lowest BCUT2D eigenvalue weighted by molar-refractivity contribution is 0.459. The second-order valence-corrected chi connectivity index (χ2v) is 4.87. The molecule has 0 saturated heterocycles. The third kappa shape index (κ3) is 3.30. The Morgan fingerprint density at radius 3 is 2.47 bits per heavy atom. The highest BCUT2D eigenvalue weighted by molar-refractivity contribution is 9.10. The average Bonchev–Trinajstić information content (AvgIpc) is 2.75. The van der Waals surface area contributed by atoms with Crippen LogP contribution in [0.4, 0.5) is 0 Å². The van der Waals surface area contributed by atoms with E-state index >= 15 is 0 Å². The molecule has 1 atom stereocenters. The van der Waals surface area contributed by atoms with Crippen LogP contribution in [-0.2, 0) is 0 Å². The van der Waals surface area contributed by atoms with Crippen LogP contribution in [0.25, 0.3) is 0 Å². The molecule has 0 N–H and O–H groups in total. The van der Waals surface area contributed by atoms with Gasteiger partial charge in [0.1, 0.15) is 17.6 Å². The van der Waals surface area contributed by atoms with E-state index in [0.29, 0.717) is 0 Å². The Balaban J connectivity index is 2.08. The monoisotopic (exact) mass is 291 g/mol. The number of hydrogen-bond acceptors (Lipinski definition) is 2. The van der Waals surface area contributed by atoms with E-state index in [1.54, 1.807) is 0 Å². The van der Waals surface area contributed by atoms with Gasteiger partial charge in [0.15, 0.2) is 0 Å². The van der Waals surface area contributed by atoms with Crippen LogP contribution in [0.1, 0.15) is 30.0 Å². The molecule has 1 aromatic heterocycles. The normalized spacial score (nSPS) is 13.1. The van der Waals surface area contributed by atoms with Gasteiger partial charge in [-0.15, -0.1) is 0 Å². The SMILES string of the molecule is Cc1ccc([C@@H](C)N=Cc2ccc(Br)cc2)o1. The zero-order chi connectivity index (χ0) is 12.3. The first-order valence-corrected chi connectivity index (χ1v) is 6.29. The van der Waals surface area contributed by atoms with E-state index in [9.17, 15) is 0 Å². The van der Waals surface area contributed by atoms with Crippen molar-refractivity contribution in [1.82, 2.24) is 0 Å². The van der Waals surface area contributed by atoms with E-state index in [2.05, 4.69) is 20.9 Å². The fraction of sp³-hybridized carbons (Fsp3) is 0.214. The molecule has 1 heterocycles. The fourth-order valence-corrected chi connectivity index (χ4v) is 1.76. The largest absolute Gasteiger partial charge is 0.464 e. The molecule has 2 rings (SSSR count). The Morgan fingerprint density at radius 2 is 1.88 bits per heavy atom. The molecule has 0 unspecified atom stereocenters. The third-order valence-corrected chi connectivity index (χ3v) is 3.02. The number of aryl methyl sites for hydroxylation is 1. The van der Waals surface area contributed by atoms with Crippen LogP contribution >= 0.6 is 15.9 Å². The molecule has 0 bridgehead atoms. The number of furan rings is 1. The smallest absolute Gasteiger partial charge is 0.128 e. The summed E-state index contributed by atoms with van der Waals surface area (Å²) in [6.45, 7) is 3.96. The van der Waals surface area contributed by atoms with Gasteiger partial charge in [0.05, 0.1) is 0 Å². The van der Waals surface area contributed by atoms with Crippen LogP contribution in [0.5, 0.6) is 0 Å². The maximum atomic E-state index is 5.53. The summed E-state index contributed by atoms with van der Waals surface area (Å²) in [4.78, 5) is 4.47. The molecule has 17 heavy (non-hydrogen) atoms. The molecule has 3 heteroatoms. The maximum Gasteiger partial charge on any atom is 0.128 e. The van der Waals surface area contributed by atoms with Crippen molar-refractivity contribution in [2.24, 2.45) is 4.99 Å². The van der Waals surface area contributed by atoms with E-state index < -0.39 is 0 Å². The molecule has 0 fully saturated rings. The summed E-state index contributed by atoms with van der Waals surface area (Å²) in [5, 5.41) is 0. The summed E-state index contributed by atoms with van der Waals surface area (Å²) in [5.41, 5.74) is 1.09. The van der Waals surface area contributed by atoms with Gasteiger partial charge in [-0.1, -0.05) is 28.1 Å². The molecule has 1 aromatic carbocycles. The fourth-order valence-electron chi connectivity index (χ4n) is 1.50. The van der Waals surface area contributed by atoms with Gasteiger partial charge < -0.3 is 4.42 Å². The van der Waals surface area contributed by atoms with Crippen molar-refractivity contribution in [3.8, 4) is 0 Å². The molecular weight excluding hydrogens is 278 g/mol. The maximum absolute atomic E-state index is 5.53. The zero-order valence-electron chi connectivity index (χ0n) is 9.85. The van der Waals surface area contributed by atoms with Gasteiger partial charge in [-0.25, -0.2) is 0 Å². The molecule has 0 aliphatic rings. The van der Waals surface area contributed by atoms with Crippen molar-refractivity contribution in [1.29, 1.82) is 0 Å². The number of nitrogens with zero attached hydrogens (tertiary/aromatic N) is 1. The van der Waals surface area contributed by atoms with Crippen LogP contribution in [0.3, 0.4) is 0 Å². The van der Waals surface area contributed by atoms with E-state index in [1.807, 2.05) is 56.5 Å². The van der Waals surface area contributed by atoms with E-state index in [0.717, 1.165) is 21.6 Å². The summed E-state index contributed by atoms with van der Waals surface area (Å²) in [6, 6.07) is 12.0. The van der Waals surface area contributed by atoms with Gasteiger partial charge in [-0.05, 0) is 43.7 Å². The summed E-state index contributed by atoms with van der Waals surface area (Å²) >= 11 is 3.41. The summed E-state index contributed by atoms with van der Waals surface area (Å²) < 4.78 is 6.61. The highest BCUT2D eigenvalue weighted by Crippen LogP contribution is 2.19. The molecule has 0 radical (unpaired) electrons. The van der Waals surface area contributed by atoms with Crippen molar-refractivity contribution in [2.75, 3.05) is 0 Å². The Kier molecular flexibility index (Phi) is 3.79. The average molecular weight is 292 g/mol. The second kappa shape index (κ2) is 5.32. The zero-order valence-corrected chi connectivity index (χ0v) is 11.4. The topological polar surface area (TPSA) is 25.5 Å². The lowest BCUT2D eigenvalue weighted by atomic mass is 10.2. The molecule has 0 aliphatic heterocycles. The quantitative estimate of drug-likeness (QED) is 0.763. The van der Waals surface area contributed by atoms with Crippen molar-refractivity contribution in [2.45, 2.75) is 19.9 Å². The first-order valence-electron chi connectivity index (χ1n) is 5.50. The van der Waals surface area contributed by atoms with Gasteiger partial charge in [-0.2, -0.15) is 0 Å². The Morgan fingerprint density at radius 1 is 1.18 bits per heavy atom. The first-order chi connectivity index (χ1) is 8.15. The number of aliphatic imine (C=N–C) groups is 1. The third-order valence-electron chi connectivity index (χ3n) is 2.49. The van der Waals surface area contributed by atoms with Crippen LogP contribution in [0.15, 0.2) is 50.3 Å². The van der Waals surface area contributed by atoms with Crippen LogP contribution < -0.4 is 0 Å². The minimum Gasteiger partial charge on any atom is -0.464 e. The molecule has 0 saturated carbocycles. The Bertz CT molecular complexity index is 513. The highest BCUT2D eigenvalue weighted by Gasteiger charge is 2.06. The Labute approximate surface area is 110 Å². The van der Waals surface area contributed by atoms with Crippen molar-refractivity contribution < 1.29 is 4.42 Å². The van der Waals surface area contributed by atoms with Gasteiger partial charge >= 0.3 is 0 Å². The lowest BCUT2D eigenvalue weighted by Gasteiger charge is -2.01. The predicted molar refractivity (Wildman–Crippen MR) is 73.6 cm³/mol. The van der Waals surface area contributed by atoms with Crippen LogP contribution in [-0.4, -0.2) is 6.21 Å². The second-order valence-electron chi connectivity index (χ2n) is 3.95.